The summed E-state index contributed by atoms with van der Waals surface area (Å²) in [6.07, 6.45) is 3.33. The first-order chi connectivity index (χ1) is 13.8. The maximum Gasteiger partial charge on any atom is 0.411 e. The summed E-state index contributed by atoms with van der Waals surface area (Å²) in [6, 6.07) is 10.3. The lowest BCUT2D eigenvalue weighted by molar-refractivity contribution is -0.149. The first-order valence-corrected chi connectivity index (χ1v) is 10.6. The monoisotopic (exact) mass is 402 g/mol. The van der Waals surface area contributed by atoms with Gasteiger partial charge in [0.25, 0.3) is 0 Å². The first-order valence-electron chi connectivity index (χ1n) is 10.6. The normalized spacial score (nSPS) is 26.1. The zero-order valence-corrected chi connectivity index (χ0v) is 18.1. The van der Waals surface area contributed by atoms with Gasteiger partial charge in [0.15, 0.2) is 0 Å². The van der Waals surface area contributed by atoms with Crippen LogP contribution < -0.4 is 0 Å². The van der Waals surface area contributed by atoms with Crippen LogP contribution in [0.2, 0.25) is 0 Å². The van der Waals surface area contributed by atoms with Crippen molar-refractivity contribution in [3.05, 3.63) is 35.9 Å². The van der Waals surface area contributed by atoms with Crippen LogP contribution in [0.25, 0.3) is 0 Å². The van der Waals surface area contributed by atoms with Gasteiger partial charge in [-0.25, -0.2) is 9.59 Å². The van der Waals surface area contributed by atoms with Crippen LogP contribution in [0.15, 0.2) is 30.3 Å². The molecular formula is C23H34N2O4. The topological polar surface area (TPSA) is 59.1 Å². The maximum atomic E-state index is 12.6. The molecule has 2 fully saturated rings. The highest BCUT2D eigenvalue weighted by atomic mass is 16.6. The Morgan fingerprint density at radius 3 is 2.45 bits per heavy atom. The van der Waals surface area contributed by atoms with Gasteiger partial charge in [-0.2, -0.15) is 0 Å². The van der Waals surface area contributed by atoms with E-state index in [4.69, 9.17) is 9.47 Å². The Bertz CT molecular complexity index is 701. The predicted octanol–water partition coefficient (Wildman–Crippen LogP) is 3.81. The van der Waals surface area contributed by atoms with Crippen molar-refractivity contribution >= 4 is 12.1 Å². The van der Waals surface area contributed by atoms with Gasteiger partial charge in [-0.05, 0) is 64.5 Å². The Morgan fingerprint density at radius 1 is 1.07 bits per heavy atom. The summed E-state index contributed by atoms with van der Waals surface area (Å²) in [5, 5.41) is 0. The second-order valence-corrected chi connectivity index (χ2v) is 9.14. The summed E-state index contributed by atoms with van der Waals surface area (Å²) in [5.74, 6) is 0.155. The average Bonchev–Trinajstić information content (AvgIpc) is 2.72. The van der Waals surface area contributed by atoms with Crippen molar-refractivity contribution in [1.29, 1.82) is 0 Å². The summed E-state index contributed by atoms with van der Waals surface area (Å²) in [4.78, 5) is 29.2. The number of likely N-dealkylation sites (tertiary alicyclic amines) is 2. The van der Waals surface area contributed by atoms with E-state index in [1.165, 1.54) is 19.1 Å². The fourth-order valence-electron chi connectivity index (χ4n) is 4.51. The molecule has 2 aliphatic rings. The van der Waals surface area contributed by atoms with Gasteiger partial charge in [-0.3, -0.25) is 9.80 Å². The summed E-state index contributed by atoms with van der Waals surface area (Å²) in [5.41, 5.74) is 0.789. The third-order valence-corrected chi connectivity index (χ3v) is 5.92. The molecule has 0 unspecified atom stereocenters. The largest absolute Gasteiger partial charge is 0.467 e. The van der Waals surface area contributed by atoms with Crippen molar-refractivity contribution < 1.29 is 19.1 Å². The average molecular weight is 403 g/mol. The van der Waals surface area contributed by atoms with Gasteiger partial charge >= 0.3 is 12.1 Å². The molecule has 0 bridgehead atoms. The van der Waals surface area contributed by atoms with E-state index in [2.05, 4.69) is 35.2 Å². The smallest absolute Gasteiger partial charge is 0.411 e. The van der Waals surface area contributed by atoms with Crippen molar-refractivity contribution in [3.8, 4) is 0 Å². The Hall–Kier alpha value is -2.08. The van der Waals surface area contributed by atoms with Crippen molar-refractivity contribution in [1.82, 2.24) is 9.80 Å². The van der Waals surface area contributed by atoms with Gasteiger partial charge in [0.2, 0.25) is 0 Å². The highest BCUT2D eigenvalue weighted by molar-refractivity contribution is 5.81. The van der Waals surface area contributed by atoms with Crippen molar-refractivity contribution in [2.75, 3.05) is 26.7 Å². The Balaban J connectivity index is 1.69. The fraction of sp³-hybridized carbons (Fsp3) is 0.652. The molecule has 2 saturated heterocycles. The number of carbonyl (C=O) groups is 2. The van der Waals surface area contributed by atoms with Gasteiger partial charge in [0.05, 0.1) is 7.11 Å². The molecule has 29 heavy (non-hydrogen) atoms. The van der Waals surface area contributed by atoms with Crippen LogP contribution in [0, 0.1) is 0 Å². The number of rotatable bonds is 3. The lowest BCUT2D eigenvalue weighted by Gasteiger charge is -2.45. The molecule has 1 amide bonds. The summed E-state index contributed by atoms with van der Waals surface area (Å²) < 4.78 is 10.5. The molecular weight excluding hydrogens is 368 g/mol. The molecule has 1 aromatic rings. The van der Waals surface area contributed by atoms with E-state index in [1.54, 1.807) is 4.90 Å². The summed E-state index contributed by atoms with van der Waals surface area (Å²) >= 11 is 0. The molecule has 2 aliphatic heterocycles. The van der Waals surface area contributed by atoms with Crippen LogP contribution in [-0.4, -0.2) is 66.3 Å². The van der Waals surface area contributed by atoms with E-state index in [-0.39, 0.29) is 12.0 Å². The van der Waals surface area contributed by atoms with Crippen molar-refractivity contribution in [2.24, 2.45) is 0 Å². The number of hydrogen-bond donors (Lipinski definition) is 0. The molecule has 0 spiro atoms. The van der Waals surface area contributed by atoms with Crippen molar-refractivity contribution in [2.45, 2.75) is 70.1 Å². The third kappa shape index (κ3) is 5.50. The van der Waals surface area contributed by atoms with Gasteiger partial charge in [-0.1, -0.05) is 30.3 Å². The number of hydrogen-bond acceptors (Lipinski definition) is 5. The van der Waals surface area contributed by atoms with E-state index in [0.29, 0.717) is 18.9 Å². The number of nitrogens with zero attached hydrogens (tertiary/aromatic N) is 2. The maximum absolute atomic E-state index is 12.6. The number of carbonyl (C=O) groups excluding carboxylic acids is 2. The molecule has 1 aromatic carbocycles. The standard InChI is InChI=1S/C23H34N2O4/c1-23(2,3)29-22(27)25-14-12-19(15-20(25)21(26)28-4)24-13-8-11-18(16-24)17-9-6-5-7-10-17/h5-7,9-10,18-20H,8,11-16H2,1-4H3/t18-,19+,20+/m1/s1. The molecule has 0 saturated carbocycles. The highest BCUT2D eigenvalue weighted by Crippen LogP contribution is 2.32. The molecule has 0 N–H and O–H groups in total. The molecule has 160 valence electrons. The van der Waals surface area contributed by atoms with Gasteiger partial charge in [0.1, 0.15) is 11.6 Å². The van der Waals surface area contributed by atoms with E-state index >= 15 is 0 Å². The van der Waals surface area contributed by atoms with Crippen LogP contribution >= 0.6 is 0 Å². The van der Waals surface area contributed by atoms with Crippen LogP contribution in [-0.2, 0) is 14.3 Å². The van der Waals surface area contributed by atoms with Gasteiger partial charge in [-0.15, -0.1) is 0 Å². The zero-order valence-electron chi connectivity index (χ0n) is 18.1. The van der Waals surface area contributed by atoms with E-state index in [0.717, 1.165) is 25.9 Å². The van der Waals surface area contributed by atoms with Crippen molar-refractivity contribution in [3.63, 3.8) is 0 Å². The molecule has 6 nitrogen and oxygen atoms in total. The van der Waals surface area contributed by atoms with Gasteiger partial charge < -0.3 is 9.47 Å². The zero-order chi connectivity index (χ0) is 21.0. The van der Waals surface area contributed by atoms with E-state index < -0.39 is 17.7 Å². The SMILES string of the molecule is COC(=O)[C@@H]1C[C@@H](N2CCC[C@@H](c3ccccc3)C2)CCN1C(=O)OC(C)(C)C. The Kier molecular flexibility index (Phi) is 6.83. The van der Waals surface area contributed by atoms with Gasteiger partial charge in [0, 0.05) is 19.1 Å². The highest BCUT2D eigenvalue weighted by Gasteiger charge is 2.41. The van der Waals surface area contributed by atoms with Crippen LogP contribution in [0.1, 0.15) is 57.9 Å². The summed E-state index contributed by atoms with van der Waals surface area (Å²) in [7, 11) is 1.38. The van der Waals surface area contributed by atoms with Crippen LogP contribution in [0.3, 0.4) is 0 Å². The van der Waals surface area contributed by atoms with Crippen LogP contribution in [0.5, 0.6) is 0 Å². The van der Waals surface area contributed by atoms with E-state index in [9.17, 15) is 9.59 Å². The summed E-state index contributed by atoms with van der Waals surface area (Å²) in [6.45, 7) is 8.04. The number of esters is 1. The number of benzene rings is 1. The quantitative estimate of drug-likeness (QED) is 0.720. The fourth-order valence-corrected chi connectivity index (χ4v) is 4.51. The second kappa shape index (κ2) is 9.16. The van der Waals surface area contributed by atoms with Crippen LogP contribution in [0.4, 0.5) is 4.79 Å². The Morgan fingerprint density at radius 2 is 1.79 bits per heavy atom. The second-order valence-electron chi connectivity index (χ2n) is 9.14. The number of methoxy groups -OCH3 is 1. The first kappa shape index (κ1) is 21.6. The minimum Gasteiger partial charge on any atom is -0.467 e. The minimum absolute atomic E-state index is 0.268. The van der Waals surface area contributed by atoms with E-state index in [1.807, 2.05) is 20.8 Å². The predicted molar refractivity (Wildman–Crippen MR) is 112 cm³/mol. The lowest BCUT2D eigenvalue weighted by atomic mass is 9.87. The molecule has 3 rings (SSSR count). The Labute approximate surface area is 174 Å². The molecule has 2 heterocycles. The number of amides is 1. The molecule has 0 radical (unpaired) electrons. The molecule has 3 atom stereocenters. The molecule has 0 aromatic heterocycles. The number of ether oxygens (including phenoxy) is 2. The lowest BCUT2D eigenvalue weighted by Crippen LogP contribution is -2.57. The molecule has 0 aliphatic carbocycles. The number of piperidine rings is 2. The minimum atomic E-state index is -0.593. The third-order valence-electron chi connectivity index (χ3n) is 5.92. The molecule has 6 heteroatoms.